The lowest BCUT2D eigenvalue weighted by molar-refractivity contribution is -0.113. The van der Waals surface area contributed by atoms with Crippen LogP contribution in [0.5, 0.6) is 0 Å². The van der Waals surface area contributed by atoms with E-state index in [-0.39, 0.29) is 39.1 Å². The van der Waals surface area contributed by atoms with Gasteiger partial charge >= 0.3 is 11.9 Å². The summed E-state index contributed by atoms with van der Waals surface area (Å²) in [4.78, 5) is 35.8. The maximum absolute atomic E-state index is 12.2. The first-order valence-corrected chi connectivity index (χ1v) is 9.21. The topological polar surface area (TPSA) is 121 Å². The van der Waals surface area contributed by atoms with Gasteiger partial charge in [0.2, 0.25) is 11.8 Å². The molecule has 0 radical (unpaired) electrons. The van der Waals surface area contributed by atoms with Crippen molar-refractivity contribution in [2.45, 2.75) is 31.4 Å². The van der Waals surface area contributed by atoms with E-state index in [9.17, 15) is 14.4 Å². The molecule has 0 spiro atoms. The number of hydrogen-bond donors (Lipinski definition) is 1. The Labute approximate surface area is 166 Å². The SMILES string of the molecule is COC(=O)c1cc(NC(=O)CSc2nnc(C(C)(C)C)o2)cc(C(=O)OC)c1. The zero-order valence-electron chi connectivity index (χ0n) is 16.2. The molecule has 0 fully saturated rings. The fourth-order valence-electron chi connectivity index (χ4n) is 2.07. The summed E-state index contributed by atoms with van der Waals surface area (Å²) < 4.78 is 14.8. The van der Waals surface area contributed by atoms with Gasteiger partial charge in [0.05, 0.1) is 31.1 Å². The maximum Gasteiger partial charge on any atom is 0.337 e. The minimum atomic E-state index is -0.642. The van der Waals surface area contributed by atoms with E-state index >= 15 is 0 Å². The first-order valence-electron chi connectivity index (χ1n) is 8.22. The molecule has 1 heterocycles. The largest absolute Gasteiger partial charge is 0.465 e. The fourth-order valence-corrected chi connectivity index (χ4v) is 2.63. The molecule has 0 aliphatic carbocycles. The molecule has 2 aromatic rings. The Hall–Kier alpha value is -2.88. The summed E-state index contributed by atoms with van der Waals surface area (Å²) in [5.41, 5.74) is 0.196. The number of ether oxygens (including phenoxy) is 2. The van der Waals surface area contributed by atoms with Gasteiger partial charge in [0.25, 0.3) is 5.22 Å². The summed E-state index contributed by atoms with van der Waals surface area (Å²) in [6, 6.07) is 4.14. The lowest BCUT2D eigenvalue weighted by Gasteiger charge is -2.11. The van der Waals surface area contributed by atoms with Crippen LogP contribution < -0.4 is 5.32 Å². The Morgan fingerprint density at radius 2 is 1.61 bits per heavy atom. The fraction of sp³-hybridized carbons (Fsp3) is 0.389. The van der Waals surface area contributed by atoms with Gasteiger partial charge in [-0.2, -0.15) is 0 Å². The number of rotatable bonds is 6. The Balaban J connectivity index is 2.09. The first-order chi connectivity index (χ1) is 13.1. The van der Waals surface area contributed by atoms with Crippen LogP contribution in [0, 0.1) is 0 Å². The molecule has 1 aromatic carbocycles. The van der Waals surface area contributed by atoms with Gasteiger partial charge in [0.1, 0.15) is 0 Å². The highest BCUT2D eigenvalue weighted by Crippen LogP contribution is 2.25. The van der Waals surface area contributed by atoms with E-state index in [0.717, 1.165) is 11.8 Å². The van der Waals surface area contributed by atoms with Crippen molar-refractivity contribution in [2.75, 3.05) is 25.3 Å². The maximum atomic E-state index is 12.2. The van der Waals surface area contributed by atoms with Crippen molar-refractivity contribution in [1.82, 2.24) is 10.2 Å². The number of aromatic nitrogens is 2. The van der Waals surface area contributed by atoms with Gasteiger partial charge in [0, 0.05) is 11.1 Å². The molecular formula is C18H21N3O6S. The van der Waals surface area contributed by atoms with E-state index in [0.29, 0.717) is 5.89 Å². The molecule has 0 unspecified atom stereocenters. The zero-order valence-corrected chi connectivity index (χ0v) is 17.0. The molecule has 9 nitrogen and oxygen atoms in total. The third-order valence-electron chi connectivity index (χ3n) is 3.43. The first kappa shape index (κ1) is 21.4. The van der Waals surface area contributed by atoms with Gasteiger partial charge in [-0.15, -0.1) is 10.2 Å². The Morgan fingerprint density at radius 3 is 2.07 bits per heavy atom. The van der Waals surface area contributed by atoms with Gasteiger partial charge in [-0.05, 0) is 18.2 Å². The van der Waals surface area contributed by atoms with Crippen molar-refractivity contribution < 1.29 is 28.3 Å². The molecule has 2 rings (SSSR count). The van der Waals surface area contributed by atoms with Crippen LogP contribution in [0.25, 0.3) is 0 Å². The van der Waals surface area contributed by atoms with Crippen molar-refractivity contribution in [3.63, 3.8) is 0 Å². The highest BCUT2D eigenvalue weighted by molar-refractivity contribution is 7.99. The Morgan fingerprint density at radius 1 is 1.04 bits per heavy atom. The van der Waals surface area contributed by atoms with E-state index in [4.69, 9.17) is 4.42 Å². The minimum Gasteiger partial charge on any atom is -0.465 e. The van der Waals surface area contributed by atoms with Crippen molar-refractivity contribution >= 4 is 35.3 Å². The van der Waals surface area contributed by atoms with Gasteiger partial charge < -0.3 is 19.2 Å². The Kier molecular flexibility index (Phi) is 6.79. The van der Waals surface area contributed by atoms with Crippen LogP contribution >= 0.6 is 11.8 Å². The number of hydrogen-bond acceptors (Lipinski definition) is 9. The second-order valence-corrected chi connectivity index (χ2v) is 7.67. The van der Waals surface area contributed by atoms with Gasteiger partial charge in [-0.25, -0.2) is 9.59 Å². The molecule has 0 saturated carbocycles. The average molecular weight is 407 g/mol. The highest BCUT2D eigenvalue weighted by Gasteiger charge is 2.22. The molecule has 10 heteroatoms. The van der Waals surface area contributed by atoms with Gasteiger partial charge in [0.15, 0.2) is 0 Å². The van der Waals surface area contributed by atoms with Crippen LogP contribution in [-0.2, 0) is 19.7 Å². The Bertz CT molecular complexity index is 853. The van der Waals surface area contributed by atoms with E-state index in [1.807, 2.05) is 20.8 Å². The number of nitrogens with one attached hydrogen (secondary N) is 1. The van der Waals surface area contributed by atoms with Crippen LogP contribution in [0.2, 0.25) is 0 Å². The molecule has 1 aromatic heterocycles. The summed E-state index contributed by atoms with van der Waals surface area (Å²) in [7, 11) is 2.44. The van der Waals surface area contributed by atoms with Crippen molar-refractivity contribution in [2.24, 2.45) is 0 Å². The zero-order chi connectivity index (χ0) is 20.9. The predicted molar refractivity (Wildman–Crippen MR) is 101 cm³/mol. The number of esters is 2. The third kappa shape index (κ3) is 5.56. The van der Waals surface area contributed by atoms with E-state index < -0.39 is 11.9 Å². The number of amides is 1. The quantitative estimate of drug-likeness (QED) is 0.569. The summed E-state index contributed by atoms with van der Waals surface area (Å²) in [6.45, 7) is 5.82. The van der Waals surface area contributed by atoms with Crippen LogP contribution in [0.3, 0.4) is 0 Å². The molecular weight excluding hydrogens is 386 g/mol. The number of nitrogens with zero attached hydrogens (tertiary/aromatic N) is 2. The highest BCUT2D eigenvalue weighted by atomic mass is 32.2. The van der Waals surface area contributed by atoms with Crippen LogP contribution in [0.15, 0.2) is 27.8 Å². The molecule has 0 aliphatic rings. The normalized spacial score (nSPS) is 11.0. The third-order valence-corrected chi connectivity index (χ3v) is 4.25. The number of benzene rings is 1. The summed E-state index contributed by atoms with van der Waals surface area (Å²) in [5, 5.41) is 10.8. The summed E-state index contributed by atoms with van der Waals surface area (Å²) in [6.07, 6.45) is 0. The molecule has 0 aliphatic heterocycles. The lowest BCUT2D eigenvalue weighted by atomic mass is 9.97. The molecule has 0 bridgehead atoms. The lowest BCUT2D eigenvalue weighted by Crippen LogP contribution is -2.16. The standard InChI is InChI=1S/C18H21N3O6S/c1-18(2,3)16-20-21-17(27-16)28-9-13(22)19-12-7-10(14(23)25-4)6-11(8-12)15(24)26-5/h6-8H,9H2,1-5H3,(H,19,22). The van der Waals surface area contributed by atoms with Crippen molar-refractivity contribution in [3.05, 3.63) is 35.2 Å². The number of carbonyl (C=O) groups is 3. The second-order valence-electron chi connectivity index (χ2n) is 6.74. The monoisotopic (exact) mass is 407 g/mol. The molecule has 1 amide bonds. The van der Waals surface area contributed by atoms with E-state index in [1.165, 1.54) is 32.4 Å². The summed E-state index contributed by atoms with van der Waals surface area (Å²) in [5.74, 6) is -1.18. The second kappa shape index (κ2) is 8.87. The van der Waals surface area contributed by atoms with Crippen LogP contribution in [0.4, 0.5) is 5.69 Å². The van der Waals surface area contributed by atoms with Crippen molar-refractivity contribution in [1.29, 1.82) is 0 Å². The molecule has 0 atom stereocenters. The van der Waals surface area contributed by atoms with E-state index in [2.05, 4.69) is 25.0 Å². The molecule has 0 saturated heterocycles. The van der Waals surface area contributed by atoms with Crippen LogP contribution in [0.1, 0.15) is 47.4 Å². The van der Waals surface area contributed by atoms with Crippen molar-refractivity contribution in [3.8, 4) is 0 Å². The predicted octanol–water partition coefficient (Wildman–Crippen LogP) is 2.67. The molecule has 150 valence electrons. The van der Waals surface area contributed by atoms with Crippen LogP contribution in [-0.4, -0.2) is 48.0 Å². The number of thioether (sulfide) groups is 1. The molecule has 1 N–H and O–H groups in total. The average Bonchev–Trinajstić information content (AvgIpc) is 3.14. The van der Waals surface area contributed by atoms with Gasteiger partial charge in [-0.1, -0.05) is 32.5 Å². The number of methoxy groups -OCH3 is 2. The smallest absolute Gasteiger partial charge is 0.337 e. The summed E-state index contributed by atoms with van der Waals surface area (Å²) >= 11 is 1.08. The van der Waals surface area contributed by atoms with Gasteiger partial charge in [-0.3, -0.25) is 4.79 Å². The number of carbonyl (C=O) groups excluding carboxylic acids is 3. The number of anilines is 1. The minimum absolute atomic E-state index is 0.00177. The molecule has 28 heavy (non-hydrogen) atoms. The van der Waals surface area contributed by atoms with E-state index in [1.54, 1.807) is 0 Å².